The Labute approximate surface area is 125 Å². The van der Waals surface area contributed by atoms with Crippen molar-refractivity contribution in [1.29, 1.82) is 0 Å². The van der Waals surface area contributed by atoms with Crippen molar-refractivity contribution in [2.45, 2.75) is 17.9 Å². The van der Waals surface area contributed by atoms with E-state index in [1.165, 1.54) is 12.1 Å². The summed E-state index contributed by atoms with van der Waals surface area (Å²) in [5.41, 5.74) is 0.529. The van der Waals surface area contributed by atoms with Gasteiger partial charge in [-0.1, -0.05) is 0 Å². The second kappa shape index (κ2) is 6.56. The third kappa shape index (κ3) is 3.94. The molecule has 1 aliphatic rings. The van der Waals surface area contributed by atoms with E-state index in [1.807, 2.05) is 6.92 Å². The summed E-state index contributed by atoms with van der Waals surface area (Å²) in [6.45, 7) is 4.17. The number of carbonyl (C=O) groups excluding carboxylic acids is 1. The molecule has 1 N–H and O–H groups in total. The second-order valence-corrected chi connectivity index (χ2v) is 6.92. The normalized spacial score (nSPS) is 19.3. The molecular weight excluding hydrogens is 300 g/mol. The van der Waals surface area contributed by atoms with Gasteiger partial charge in [0.15, 0.2) is 9.84 Å². The molecule has 0 unspecified atom stereocenters. The Kier molecular flexibility index (Phi) is 5.56. The number of hydrogen-bond donors (Lipinski definition) is 1. The molecule has 0 aliphatic carbocycles. The molecule has 0 spiro atoms. The lowest BCUT2D eigenvalue weighted by molar-refractivity contribution is 0.0709. The molecule has 1 aromatic carbocycles. The summed E-state index contributed by atoms with van der Waals surface area (Å²) in [4.78, 5) is 14.3. The average Bonchev–Trinajstić information content (AvgIpc) is 2.37. The number of benzene rings is 1. The zero-order valence-corrected chi connectivity index (χ0v) is 13.1. The Hall–Kier alpha value is -1.11. The Bertz CT molecular complexity index is 572. The summed E-state index contributed by atoms with van der Waals surface area (Å²) in [6.07, 6.45) is 1.15. The fraction of sp³-hybridized carbons (Fsp3) is 0.462. The lowest BCUT2D eigenvalue weighted by Gasteiger charge is -2.32. The van der Waals surface area contributed by atoms with Gasteiger partial charge in [0.2, 0.25) is 0 Å². The molecule has 1 aliphatic heterocycles. The number of hydrogen-bond acceptors (Lipinski definition) is 4. The van der Waals surface area contributed by atoms with Crippen molar-refractivity contribution in [1.82, 2.24) is 10.2 Å². The SMILES string of the molecule is C[C@@H]1CN(C(=O)c2ccc(S(C)(=O)=O)cc2)CCN1.Cl. The van der Waals surface area contributed by atoms with Crippen molar-refractivity contribution < 1.29 is 13.2 Å². The van der Waals surface area contributed by atoms with Crippen LogP contribution in [0.4, 0.5) is 0 Å². The maximum atomic E-state index is 12.3. The number of piperazine rings is 1. The molecule has 0 saturated carbocycles. The molecule has 7 heteroatoms. The van der Waals surface area contributed by atoms with Gasteiger partial charge in [-0.2, -0.15) is 0 Å². The summed E-state index contributed by atoms with van der Waals surface area (Å²) in [5, 5.41) is 3.27. The van der Waals surface area contributed by atoms with E-state index in [4.69, 9.17) is 0 Å². The van der Waals surface area contributed by atoms with E-state index in [0.29, 0.717) is 18.7 Å². The molecule has 1 amide bonds. The van der Waals surface area contributed by atoms with E-state index in [1.54, 1.807) is 17.0 Å². The van der Waals surface area contributed by atoms with Crippen molar-refractivity contribution >= 4 is 28.2 Å². The molecule has 2 rings (SSSR count). The molecule has 1 heterocycles. The number of halogens is 1. The first-order valence-electron chi connectivity index (χ1n) is 6.21. The van der Waals surface area contributed by atoms with Crippen LogP contribution < -0.4 is 5.32 Å². The van der Waals surface area contributed by atoms with E-state index in [9.17, 15) is 13.2 Å². The van der Waals surface area contributed by atoms with Crippen molar-refractivity contribution in [2.75, 3.05) is 25.9 Å². The first kappa shape index (κ1) is 16.9. The molecular formula is C13H19ClN2O3S. The van der Waals surface area contributed by atoms with Gasteiger partial charge in [0.05, 0.1) is 4.90 Å². The van der Waals surface area contributed by atoms with Crippen LogP contribution in [0.2, 0.25) is 0 Å². The van der Waals surface area contributed by atoms with Crippen LogP contribution in [-0.4, -0.2) is 51.2 Å². The molecule has 20 heavy (non-hydrogen) atoms. The Morgan fingerprint density at radius 1 is 1.30 bits per heavy atom. The van der Waals surface area contributed by atoms with E-state index < -0.39 is 9.84 Å². The first-order valence-corrected chi connectivity index (χ1v) is 8.10. The van der Waals surface area contributed by atoms with Crippen LogP contribution in [0.1, 0.15) is 17.3 Å². The number of nitrogens with one attached hydrogen (secondary N) is 1. The highest BCUT2D eigenvalue weighted by atomic mass is 35.5. The first-order chi connectivity index (χ1) is 8.88. The number of nitrogens with zero attached hydrogens (tertiary/aromatic N) is 1. The number of rotatable bonds is 2. The van der Waals surface area contributed by atoms with Gasteiger partial charge in [-0.15, -0.1) is 12.4 Å². The zero-order chi connectivity index (χ0) is 14.0. The minimum atomic E-state index is -3.21. The molecule has 1 saturated heterocycles. The highest BCUT2D eigenvalue weighted by Crippen LogP contribution is 2.13. The van der Waals surface area contributed by atoms with Crippen LogP contribution >= 0.6 is 12.4 Å². The highest BCUT2D eigenvalue weighted by molar-refractivity contribution is 7.90. The quantitative estimate of drug-likeness (QED) is 0.881. The molecule has 1 atom stereocenters. The standard InChI is InChI=1S/C13H18N2O3S.ClH/c1-10-9-15(8-7-14-10)13(16)11-3-5-12(6-4-11)19(2,17)18;/h3-6,10,14H,7-9H2,1-2H3;1H/t10-;/m1./s1. The fourth-order valence-corrected chi connectivity index (χ4v) is 2.77. The zero-order valence-electron chi connectivity index (χ0n) is 11.5. The molecule has 0 bridgehead atoms. The maximum Gasteiger partial charge on any atom is 0.253 e. The van der Waals surface area contributed by atoms with Gasteiger partial charge in [-0.25, -0.2) is 8.42 Å². The van der Waals surface area contributed by atoms with Gasteiger partial charge < -0.3 is 10.2 Å². The van der Waals surface area contributed by atoms with Crippen LogP contribution in [0.5, 0.6) is 0 Å². The van der Waals surface area contributed by atoms with Gasteiger partial charge in [-0.05, 0) is 31.2 Å². The molecule has 0 radical (unpaired) electrons. The van der Waals surface area contributed by atoms with Gasteiger partial charge in [0.1, 0.15) is 0 Å². The predicted octanol–water partition coefficient (Wildman–Crippen LogP) is 0.946. The minimum Gasteiger partial charge on any atom is -0.336 e. The molecule has 1 fully saturated rings. The largest absolute Gasteiger partial charge is 0.336 e. The van der Waals surface area contributed by atoms with Crippen LogP contribution in [0.15, 0.2) is 29.2 Å². The van der Waals surface area contributed by atoms with Crippen LogP contribution in [0.3, 0.4) is 0 Å². The third-order valence-corrected chi connectivity index (χ3v) is 4.31. The van der Waals surface area contributed by atoms with E-state index in [-0.39, 0.29) is 29.3 Å². The van der Waals surface area contributed by atoms with Crippen LogP contribution in [-0.2, 0) is 9.84 Å². The number of sulfone groups is 1. The van der Waals surface area contributed by atoms with Gasteiger partial charge in [0, 0.05) is 37.5 Å². The van der Waals surface area contributed by atoms with Crippen molar-refractivity contribution in [3.63, 3.8) is 0 Å². The summed E-state index contributed by atoms with van der Waals surface area (Å²) >= 11 is 0. The molecule has 5 nitrogen and oxygen atoms in total. The minimum absolute atomic E-state index is 0. The maximum absolute atomic E-state index is 12.3. The lowest BCUT2D eigenvalue weighted by atomic mass is 10.1. The molecule has 0 aromatic heterocycles. The van der Waals surface area contributed by atoms with Gasteiger partial charge >= 0.3 is 0 Å². The molecule has 1 aromatic rings. The summed E-state index contributed by atoms with van der Waals surface area (Å²) in [6, 6.07) is 6.40. The highest BCUT2D eigenvalue weighted by Gasteiger charge is 2.21. The van der Waals surface area contributed by atoms with Crippen LogP contribution in [0.25, 0.3) is 0 Å². The fourth-order valence-electron chi connectivity index (χ4n) is 2.14. The van der Waals surface area contributed by atoms with Crippen molar-refractivity contribution in [3.05, 3.63) is 29.8 Å². The summed E-state index contributed by atoms with van der Waals surface area (Å²) in [7, 11) is -3.21. The number of carbonyl (C=O) groups is 1. The van der Waals surface area contributed by atoms with Gasteiger partial charge in [0.25, 0.3) is 5.91 Å². The smallest absolute Gasteiger partial charge is 0.253 e. The third-order valence-electron chi connectivity index (χ3n) is 3.19. The molecule has 112 valence electrons. The van der Waals surface area contributed by atoms with Crippen molar-refractivity contribution in [2.24, 2.45) is 0 Å². The monoisotopic (exact) mass is 318 g/mol. The second-order valence-electron chi connectivity index (χ2n) is 4.90. The summed E-state index contributed by atoms with van der Waals surface area (Å²) in [5.74, 6) is -0.0478. The lowest BCUT2D eigenvalue weighted by Crippen LogP contribution is -2.51. The average molecular weight is 319 g/mol. The summed E-state index contributed by atoms with van der Waals surface area (Å²) < 4.78 is 22.7. The Morgan fingerprint density at radius 3 is 2.40 bits per heavy atom. The van der Waals surface area contributed by atoms with Crippen molar-refractivity contribution in [3.8, 4) is 0 Å². The van der Waals surface area contributed by atoms with Gasteiger partial charge in [-0.3, -0.25) is 4.79 Å². The number of amides is 1. The van der Waals surface area contributed by atoms with E-state index in [0.717, 1.165) is 12.8 Å². The Morgan fingerprint density at radius 2 is 1.90 bits per heavy atom. The predicted molar refractivity (Wildman–Crippen MR) is 80.2 cm³/mol. The van der Waals surface area contributed by atoms with Crippen LogP contribution in [0, 0.1) is 0 Å². The van der Waals surface area contributed by atoms with E-state index >= 15 is 0 Å². The Balaban J connectivity index is 0.00000200. The topological polar surface area (TPSA) is 66.5 Å². The van der Waals surface area contributed by atoms with E-state index in [2.05, 4.69) is 5.32 Å².